The van der Waals surface area contributed by atoms with Crippen LogP contribution in [0.25, 0.3) is 0 Å². The Morgan fingerprint density at radius 2 is 1.50 bits per heavy atom. The van der Waals surface area contributed by atoms with Gasteiger partial charge in [0.1, 0.15) is 4.90 Å². The molecule has 2 aliphatic rings. The summed E-state index contributed by atoms with van der Waals surface area (Å²) >= 11 is 12.2. The van der Waals surface area contributed by atoms with Crippen LogP contribution in [0.5, 0.6) is 0 Å². The van der Waals surface area contributed by atoms with Crippen LogP contribution in [0.1, 0.15) is 37.3 Å². The van der Waals surface area contributed by atoms with Crippen LogP contribution in [-0.2, 0) is 14.8 Å². The van der Waals surface area contributed by atoms with Crippen molar-refractivity contribution in [2.24, 2.45) is 5.92 Å². The number of piperidine rings is 1. The van der Waals surface area contributed by atoms with Crippen molar-refractivity contribution in [3.63, 3.8) is 0 Å². The molecule has 4 rings (SSSR count). The highest BCUT2D eigenvalue weighted by molar-refractivity contribution is 7.89. The topological polar surface area (TPSA) is 57.7 Å². The van der Waals surface area contributed by atoms with Crippen molar-refractivity contribution < 1.29 is 13.2 Å². The van der Waals surface area contributed by atoms with E-state index in [1.54, 1.807) is 6.07 Å². The first-order valence-electron chi connectivity index (χ1n) is 10.2. The molecule has 2 aromatic carbocycles. The molecule has 2 aliphatic heterocycles. The number of carbonyl (C=O) groups is 1. The molecule has 5 nitrogen and oxygen atoms in total. The van der Waals surface area contributed by atoms with Gasteiger partial charge in [-0.05, 0) is 43.4 Å². The normalized spacial score (nSPS) is 21.1. The predicted molar refractivity (Wildman–Crippen MR) is 118 cm³/mol. The van der Waals surface area contributed by atoms with Crippen LogP contribution < -0.4 is 0 Å². The summed E-state index contributed by atoms with van der Waals surface area (Å²) in [5.41, 5.74) is 1.16. The van der Waals surface area contributed by atoms with Crippen molar-refractivity contribution in [3.05, 3.63) is 64.1 Å². The van der Waals surface area contributed by atoms with Crippen LogP contribution in [0.15, 0.2) is 53.4 Å². The average Bonchev–Trinajstić information content (AvgIpc) is 3.23. The summed E-state index contributed by atoms with van der Waals surface area (Å²) in [5.74, 6) is -0.0309. The Hall–Kier alpha value is -1.60. The van der Waals surface area contributed by atoms with E-state index in [1.165, 1.54) is 16.4 Å². The third-order valence-corrected chi connectivity index (χ3v) is 8.89. The van der Waals surface area contributed by atoms with E-state index >= 15 is 0 Å². The van der Waals surface area contributed by atoms with Crippen LogP contribution in [-0.4, -0.2) is 43.2 Å². The van der Waals surface area contributed by atoms with Crippen LogP contribution in [0, 0.1) is 5.92 Å². The molecule has 0 radical (unpaired) electrons. The van der Waals surface area contributed by atoms with E-state index in [0.29, 0.717) is 12.8 Å². The molecule has 2 saturated heterocycles. The SMILES string of the molecule is O=C(C1CCN(S(=O)(=O)c2c(Cl)cccc2Cl)CC1)N1CCCC1c1ccccc1. The Morgan fingerprint density at radius 1 is 0.867 bits per heavy atom. The molecule has 0 saturated carbocycles. The Morgan fingerprint density at radius 3 is 2.13 bits per heavy atom. The van der Waals surface area contributed by atoms with Gasteiger partial charge in [-0.1, -0.05) is 59.6 Å². The fourth-order valence-electron chi connectivity index (χ4n) is 4.49. The van der Waals surface area contributed by atoms with Crippen molar-refractivity contribution in [2.75, 3.05) is 19.6 Å². The number of rotatable bonds is 4. The zero-order valence-electron chi connectivity index (χ0n) is 16.5. The zero-order valence-corrected chi connectivity index (χ0v) is 18.8. The zero-order chi connectivity index (χ0) is 21.3. The lowest BCUT2D eigenvalue weighted by Gasteiger charge is -2.34. The minimum atomic E-state index is -3.80. The maximum absolute atomic E-state index is 13.2. The van der Waals surface area contributed by atoms with Gasteiger partial charge in [-0.15, -0.1) is 0 Å². The van der Waals surface area contributed by atoms with Gasteiger partial charge in [-0.3, -0.25) is 4.79 Å². The van der Waals surface area contributed by atoms with Crippen LogP contribution in [0.3, 0.4) is 0 Å². The number of sulfonamides is 1. The second-order valence-electron chi connectivity index (χ2n) is 7.83. The first-order valence-corrected chi connectivity index (χ1v) is 12.4. The molecule has 30 heavy (non-hydrogen) atoms. The number of benzene rings is 2. The van der Waals surface area contributed by atoms with Gasteiger partial charge in [0.25, 0.3) is 0 Å². The van der Waals surface area contributed by atoms with Gasteiger partial charge >= 0.3 is 0 Å². The molecule has 1 amide bonds. The summed E-state index contributed by atoms with van der Waals surface area (Å²) in [4.78, 5) is 15.2. The lowest BCUT2D eigenvalue weighted by molar-refractivity contribution is -0.137. The largest absolute Gasteiger partial charge is 0.335 e. The van der Waals surface area contributed by atoms with E-state index in [-0.39, 0.29) is 45.9 Å². The van der Waals surface area contributed by atoms with Gasteiger partial charge in [0.15, 0.2) is 0 Å². The minimum absolute atomic E-state index is 0.0539. The quantitative estimate of drug-likeness (QED) is 0.652. The highest BCUT2D eigenvalue weighted by Gasteiger charge is 2.38. The summed E-state index contributed by atoms with van der Waals surface area (Å²) in [6.07, 6.45) is 2.95. The predicted octanol–water partition coefficient (Wildman–Crippen LogP) is 4.76. The molecule has 1 atom stereocenters. The number of carbonyl (C=O) groups excluding carboxylic acids is 1. The van der Waals surface area contributed by atoms with E-state index in [2.05, 4.69) is 12.1 Å². The number of hydrogen-bond acceptors (Lipinski definition) is 3. The van der Waals surface area contributed by atoms with E-state index in [9.17, 15) is 13.2 Å². The van der Waals surface area contributed by atoms with Gasteiger partial charge < -0.3 is 4.90 Å². The molecule has 0 spiro atoms. The number of halogens is 2. The van der Waals surface area contributed by atoms with Crippen molar-refractivity contribution in [2.45, 2.75) is 36.6 Å². The third-order valence-electron chi connectivity index (χ3n) is 6.04. The fourth-order valence-corrected chi connectivity index (χ4v) is 7.05. The Kier molecular flexibility index (Phi) is 6.39. The van der Waals surface area contributed by atoms with Crippen molar-refractivity contribution in [1.29, 1.82) is 0 Å². The molecular weight excluding hydrogens is 443 g/mol. The summed E-state index contributed by atoms with van der Waals surface area (Å²) in [6.45, 7) is 1.32. The number of hydrogen-bond donors (Lipinski definition) is 0. The highest BCUT2D eigenvalue weighted by Crippen LogP contribution is 2.36. The second-order valence-corrected chi connectivity index (χ2v) is 10.5. The van der Waals surface area contributed by atoms with E-state index < -0.39 is 10.0 Å². The third kappa shape index (κ3) is 4.11. The minimum Gasteiger partial charge on any atom is -0.335 e. The standard InChI is InChI=1S/C22H24Cl2N2O3S/c23-18-8-4-9-19(24)21(18)30(28,29)25-14-11-17(12-15-25)22(27)26-13-5-10-20(26)16-6-2-1-3-7-16/h1-4,6-9,17,20H,5,10-15H2. The van der Waals surface area contributed by atoms with Crippen molar-refractivity contribution in [1.82, 2.24) is 9.21 Å². The van der Waals surface area contributed by atoms with Gasteiger partial charge in [-0.2, -0.15) is 4.31 Å². The maximum atomic E-state index is 13.2. The summed E-state index contributed by atoms with van der Waals surface area (Å²) in [5, 5.41) is 0.229. The number of likely N-dealkylation sites (tertiary alicyclic amines) is 1. The fraction of sp³-hybridized carbons (Fsp3) is 0.409. The van der Waals surface area contributed by atoms with Crippen LogP contribution in [0.4, 0.5) is 0 Å². The lowest BCUT2D eigenvalue weighted by atomic mass is 9.95. The van der Waals surface area contributed by atoms with Crippen molar-refractivity contribution in [3.8, 4) is 0 Å². The molecule has 160 valence electrons. The molecule has 8 heteroatoms. The second kappa shape index (κ2) is 8.87. The van der Waals surface area contributed by atoms with Gasteiger partial charge in [-0.25, -0.2) is 8.42 Å². The molecule has 1 unspecified atom stereocenters. The maximum Gasteiger partial charge on any atom is 0.246 e. The lowest BCUT2D eigenvalue weighted by Crippen LogP contribution is -2.44. The van der Waals surface area contributed by atoms with Crippen LogP contribution in [0.2, 0.25) is 10.0 Å². The van der Waals surface area contributed by atoms with E-state index in [1.807, 2.05) is 23.1 Å². The average molecular weight is 467 g/mol. The van der Waals surface area contributed by atoms with Gasteiger partial charge in [0.05, 0.1) is 16.1 Å². The molecule has 0 aliphatic carbocycles. The molecule has 2 heterocycles. The van der Waals surface area contributed by atoms with Gasteiger partial charge in [0.2, 0.25) is 15.9 Å². The van der Waals surface area contributed by atoms with Crippen LogP contribution >= 0.6 is 23.2 Å². The first-order chi connectivity index (χ1) is 14.4. The van der Waals surface area contributed by atoms with E-state index in [0.717, 1.165) is 24.9 Å². The Balaban J connectivity index is 1.45. The molecule has 2 fully saturated rings. The summed E-state index contributed by atoms with van der Waals surface area (Å²) in [7, 11) is -3.80. The number of amides is 1. The van der Waals surface area contributed by atoms with E-state index in [4.69, 9.17) is 23.2 Å². The smallest absolute Gasteiger partial charge is 0.246 e. The summed E-state index contributed by atoms with van der Waals surface area (Å²) in [6, 6.07) is 14.9. The Bertz CT molecular complexity index is 1000. The highest BCUT2D eigenvalue weighted by atomic mass is 35.5. The monoisotopic (exact) mass is 466 g/mol. The molecule has 2 aromatic rings. The molecule has 0 N–H and O–H groups in total. The number of nitrogens with zero attached hydrogens (tertiary/aromatic N) is 2. The molecule has 0 bridgehead atoms. The van der Waals surface area contributed by atoms with Gasteiger partial charge in [0, 0.05) is 25.6 Å². The summed E-state index contributed by atoms with van der Waals surface area (Å²) < 4.78 is 27.5. The first kappa shape index (κ1) is 21.6. The van der Waals surface area contributed by atoms with Crippen molar-refractivity contribution >= 4 is 39.1 Å². The molecular formula is C22H24Cl2N2O3S. The Labute approximate surface area is 187 Å². The molecule has 0 aromatic heterocycles.